The highest BCUT2D eigenvalue weighted by atomic mass is 35.5. The van der Waals surface area contributed by atoms with E-state index in [1.165, 1.54) is 5.56 Å². The molecule has 0 amide bonds. The van der Waals surface area contributed by atoms with Crippen LogP contribution in [0.1, 0.15) is 25.8 Å². The van der Waals surface area contributed by atoms with Gasteiger partial charge in [0.1, 0.15) is 0 Å². The number of hydrogen-bond acceptors (Lipinski definition) is 3. The van der Waals surface area contributed by atoms with Gasteiger partial charge in [0.2, 0.25) is 0 Å². The fraction of sp³-hybridized carbons (Fsp3) is 0.471. The molecule has 1 saturated heterocycles. The van der Waals surface area contributed by atoms with Crippen molar-refractivity contribution in [3.63, 3.8) is 0 Å². The van der Waals surface area contributed by atoms with Crippen molar-refractivity contribution >= 4 is 11.6 Å². The molecular weight excluding hydrogens is 296 g/mol. The topological polar surface area (TPSA) is 57.9 Å². The number of rotatable bonds is 3. The molecule has 4 nitrogen and oxygen atoms in total. The van der Waals surface area contributed by atoms with Crippen molar-refractivity contribution in [1.82, 2.24) is 15.1 Å². The summed E-state index contributed by atoms with van der Waals surface area (Å²) in [6, 6.07) is 8.14. The molecule has 1 aliphatic heterocycles. The Hall–Kier alpha value is -1.36. The fourth-order valence-corrected chi connectivity index (χ4v) is 3.28. The van der Waals surface area contributed by atoms with Crippen LogP contribution in [0.25, 0.3) is 11.3 Å². The highest BCUT2D eigenvalue weighted by molar-refractivity contribution is 6.30. The van der Waals surface area contributed by atoms with Gasteiger partial charge >= 0.3 is 0 Å². The fourth-order valence-electron chi connectivity index (χ4n) is 3.16. The van der Waals surface area contributed by atoms with E-state index in [1.807, 2.05) is 30.5 Å². The number of H-pyrrole nitrogens is 1. The first-order chi connectivity index (χ1) is 10.5. The maximum Gasteiger partial charge on any atom is 0.0695 e. The predicted molar refractivity (Wildman–Crippen MR) is 90.7 cm³/mol. The van der Waals surface area contributed by atoms with Crippen LogP contribution in [0, 0.1) is 5.41 Å². The average Bonchev–Trinajstić information content (AvgIpc) is 2.92. The van der Waals surface area contributed by atoms with Gasteiger partial charge in [-0.2, -0.15) is 5.10 Å². The summed E-state index contributed by atoms with van der Waals surface area (Å²) in [5.41, 5.74) is 9.79. The van der Waals surface area contributed by atoms with Crippen molar-refractivity contribution in [2.75, 3.05) is 13.1 Å². The second-order valence-corrected chi connectivity index (χ2v) is 7.31. The molecule has 1 aliphatic rings. The second-order valence-electron chi connectivity index (χ2n) is 6.87. The van der Waals surface area contributed by atoms with E-state index in [0.29, 0.717) is 0 Å². The highest BCUT2D eigenvalue weighted by Gasteiger charge is 2.33. The van der Waals surface area contributed by atoms with E-state index >= 15 is 0 Å². The van der Waals surface area contributed by atoms with Gasteiger partial charge in [-0.1, -0.05) is 37.6 Å². The third-order valence-electron chi connectivity index (χ3n) is 4.64. The van der Waals surface area contributed by atoms with E-state index in [-0.39, 0.29) is 11.5 Å². The molecule has 1 unspecified atom stereocenters. The van der Waals surface area contributed by atoms with Crippen LogP contribution in [0.5, 0.6) is 0 Å². The molecule has 0 saturated carbocycles. The molecular formula is C17H23ClN4. The van der Waals surface area contributed by atoms with Crippen molar-refractivity contribution in [2.45, 2.75) is 32.9 Å². The van der Waals surface area contributed by atoms with Crippen LogP contribution in [0.3, 0.4) is 0 Å². The second kappa shape index (κ2) is 6.03. The number of likely N-dealkylation sites (tertiary alicyclic amines) is 1. The molecule has 22 heavy (non-hydrogen) atoms. The van der Waals surface area contributed by atoms with Crippen molar-refractivity contribution < 1.29 is 0 Å². The number of nitrogens with two attached hydrogens (primary N) is 1. The number of nitrogens with zero attached hydrogens (tertiary/aromatic N) is 2. The number of hydrogen-bond donors (Lipinski definition) is 2. The minimum absolute atomic E-state index is 0.155. The van der Waals surface area contributed by atoms with Crippen LogP contribution in [0.2, 0.25) is 5.02 Å². The number of halogens is 1. The monoisotopic (exact) mass is 318 g/mol. The number of nitrogens with one attached hydrogen (secondary N) is 1. The summed E-state index contributed by atoms with van der Waals surface area (Å²) < 4.78 is 0. The van der Waals surface area contributed by atoms with Crippen molar-refractivity contribution in [1.29, 1.82) is 0 Å². The van der Waals surface area contributed by atoms with Crippen LogP contribution >= 0.6 is 11.6 Å². The number of aromatic amines is 1. The van der Waals surface area contributed by atoms with Crippen LogP contribution in [-0.4, -0.2) is 34.2 Å². The van der Waals surface area contributed by atoms with Crippen LogP contribution < -0.4 is 5.73 Å². The molecule has 2 aromatic rings. The molecule has 3 rings (SSSR count). The Morgan fingerprint density at radius 1 is 1.36 bits per heavy atom. The highest BCUT2D eigenvalue weighted by Crippen LogP contribution is 2.30. The molecule has 2 heterocycles. The Bertz CT molecular complexity index is 632. The Balaban J connectivity index is 1.77. The van der Waals surface area contributed by atoms with Gasteiger partial charge in [-0.25, -0.2) is 0 Å². The van der Waals surface area contributed by atoms with E-state index in [2.05, 4.69) is 28.9 Å². The SMILES string of the molecule is CC1(C)CN(Cc2cn[nH]c2-c2ccc(Cl)cc2)CCC1N. The van der Waals surface area contributed by atoms with Crippen molar-refractivity contribution in [3.8, 4) is 11.3 Å². The minimum Gasteiger partial charge on any atom is -0.327 e. The summed E-state index contributed by atoms with van der Waals surface area (Å²) in [4.78, 5) is 2.47. The van der Waals surface area contributed by atoms with Crippen molar-refractivity contribution in [2.24, 2.45) is 11.1 Å². The average molecular weight is 319 g/mol. The zero-order valence-corrected chi connectivity index (χ0v) is 13.9. The smallest absolute Gasteiger partial charge is 0.0695 e. The summed E-state index contributed by atoms with van der Waals surface area (Å²) in [6.45, 7) is 7.44. The molecule has 0 radical (unpaired) electrons. The predicted octanol–water partition coefficient (Wildman–Crippen LogP) is 3.29. The first-order valence-corrected chi connectivity index (χ1v) is 8.09. The summed E-state index contributed by atoms with van der Waals surface area (Å²) in [7, 11) is 0. The minimum atomic E-state index is 0.155. The largest absolute Gasteiger partial charge is 0.327 e. The molecule has 1 aromatic heterocycles. The van der Waals surface area contributed by atoms with E-state index in [4.69, 9.17) is 17.3 Å². The molecule has 5 heteroatoms. The lowest BCUT2D eigenvalue weighted by Gasteiger charge is -2.42. The Morgan fingerprint density at radius 3 is 2.77 bits per heavy atom. The molecule has 0 bridgehead atoms. The van der Waals surface area contributed by atoms with Gasteiger partial charge in [-0.15, -0.1) is 0 Å². The lowest BCUT2D eigenvalue weighted by Crippen LogP contribution is -2.52. The van der Waals surface area contributed by atoms with Crippen LogP contribution in [0.4, 0.5) is 0 Å². The maximum absolute atomic E-state index is 6.23. The molecule has 1 aromatic carbocycles. The normalized spacial score (nSPS) is 21.9. The zero-order chi connectivity index (χ0) is 15.7. The number of piperidine rings is 1. The molecule has 118 valence electrons. The lowest BCUT2D eigenvalue weighted by molar-refractivity contribution is 0.0900. The number of benzene rings is 1. The van der Waals surface area contributed by atoms with Gasteiger partial charge in [-0.3, -0.25) is 10.00 Å². The molecule has 1 fully saturated rings. The number of aromatic nitrogens is 2. The van der Waals surface area contributed by atoms with Gasteiger partial charge in [0.25, 0.3) is 0 Å². The van der Waals surface area contributed by atoms with E-state index in [9.17, 15) is 0 Å². The van der Waals surface area contributed by atoms with Crippen LogP contribution in [0.15, 0.2) is 30.5 Å². The summed E-state index contributed by atoms with van der Waals surface area (Å²) in [5.74, 6) is 0. The molecule has 0 aliphatic carbocycles. The van der Waals surface area contributed by atoms with Gasteiger partial charge in [0, 0.05) is 36.3 Å². The van der Waals surface area contributed by atoms with Crippen LogP contribution in [-0.2, 0) is 6.54 Å². The quantitative estimate of drug-likeness (QED) is 0.913. The molecule has 0 spiro atoms. The molecule has 1 atom stereocenters. The standard InChI is InChI=1S/C17H23ClN4/c1-17(2)11-22(8-7-15(17)19)10-13-9-20-21-16(13)12-3-5-14(18)6-4-12/h3-6,9,15H,7-8,10-11,19H2,1-2H3,(H,20,21). The third-order valence-corrected chi connectivity index (χ3v) is 4.89. The zero-order valence-electron chi connectivity index (χ0n) is 13.1. The van der Waals surface area contributed by atoms with Gasteiger partial charge in [0.15, 0.2) is 0 Å². The third kappa shape index (κ3) is 3.19. The Kier molecular flexibility index (Phi) is 4.26. The van der Waals surface area contributed by atoms with Gasteiger partial charge in [0.05, 0.1) is 11.9 Å². The first-order valence-electron chi connectivity index (χ1n) is 7.72. The summed E-state index contributed by atoms with van der Waals surface area (Å²) in [6.07, 6.45) is 2.96. The maximum atomic E-state index is 6.23. The first kappa shape index (κ1) is 15.5. The Morgan fingerprint density at radius 2 is 2.09 bits per heavy atom. The van der Waals surface area contributed by atoms with E-state index in [1.54, 1.807) is 0 Å². The van der Waals surface area contributed by atoms with Gasteiger partial charge in [-0.05, 0) is 29.5 Å². The van der Waals surface area contributed by atoms with Crippen molar-refractivity contribution in [3.05, 3.63) is 41.0 Å². The van der Waals surface area contributed by atoms with E-state index < -0.39 is 0 Å². The summed E-state index contributed by atoms with van der Waals surface area (Å²) >= 11 is 5.97. The van der Waals surface area contributed by atoms with Gasteiger partial charge < -0.3 is 5.73 Å². The lowest BCUT2D eigenvalue weighted by atomic mass is 9.79. The molecule has 3 N–H and O–H groups in total. The summed E-state index contributed by atoms with van der Waals surface area (Å²) in [5, 5.41) is 8.09. The Labute approximate surface area is 136 Å². The van der Waals surface area contributed by atoms with E-state index in [0.717, 1.165) is 42.3 Å².